The molecule has 0 radical (unpaired) electrons. The van der Waals surface area contributed by atoms with Crippen LogP contribution in [0.3, 0.4) is 0 Å². The molecule has 0 fully saturated rings. The topological polar surface area (TPSA) is 39.3 Å². The van der Waals surface area contributed by atoms with Crippen molar-refractivity contribution in [3.8, 4) is 0 Å². The molecule has 3 aromatic rings. The summed E-state index contributed by atoms with van der Waals surface area (Å²) in [4.78, 5) is 16.8. The van der Waals surface area contributed by atoms with Crippen molar-refractivity contribution in [3.63, 3.8) is 0 Å². The number of aromatic nitrogens is 3. The van der Waals surface area contributed by atoms with E-state index in [2.05, 4.69) is 4.98 Å². The Morgan fingerprint density at radius 3 is 2.47 bits per heavy atom. The molecule has 17 heavy (non-hydrogen) atoms. The number of rotatable bonds is 0. The molecule has 3 rings (SSSR count). The second-order valence-corrected chi connectivity index (χ2v) is 4.31. The highest BCUT2D eigenvalue weighted by Crippen LogP contribution is 2.17. The van der Waals surface area contributed by atoms with Crippen molar-refractivity contribution >= 4 is 16.8 Å². The van der Waals surface area contributed by atoms with Gasteiger partial charge in [-0.05, 0) is 26.0 Å². The average Bonchev–Trinajstić information content (AvgIpc) is 2.61. The summed E-state index contributed by atoms with van der Waals surface area (Å²) >= 11 is 0. The Hall–Kier alpha value is -2.10. The lowest BCUT2D eigenvalue weighted by Gasteiger charge is -2.01. The van der Waals surface area contributed by atoms with Crippen LogP contribution < -0.4 is 5.56 Å². The molecule has 4 heteroatoms. The van der Waals surface area contributed by atoms with E-state index in [1.807, 2.05) is 49.7 Å². The van der Waals surface area contributed by atoms with Gasteiger partial charge in [0.05, 0.1) is 11.0 Å². The number of hydrogen-bond donors (Lipinski definition) is 0. The van der Waals surface area contributed by atoms with Crippen LogP contribution >= 0.6 is 0 Å². The normalized spacial score (nSPS) is 11.5. The van der Waals surface area contributed by atoms with Crippen molar-refractivity contribution in [2.24, 2.45) is 7.05 Å². The van der Waals surface area contributed by atoms with E-state index in [-0.39, 0.29) is 5.56 Å². The van der Waals surface area contributed by atoms with Crippen LogP contribution in [0.2, 0.25) is 0 Å². The van der Waals surface area contributed by atoms with Crippen molar-refractivity contribution in [2.75, 3.05) is 0 Å². The molecule has 0 aliphatic heterocycles. The Morgan fingerprint density at radius 1 is 1.12 bits per heavy atom. The molecule has 86 valence electrons. The van der Waals surface area contributed by atoms with E-state index in [1.54, 1.807) is 4.40 Å². The molecular formula is C13H13N3O. The summed E-state index contributed by atoms with van der Waals surface area (Å²) in [6.07, 6.45) is 0. The van der Waals surface area contributed by atoms with E-state index in [0.29, 0.717) is 11.3 Å². The zero-order valence-electron chi connectivity index (χ0n) is 10.1. The third-order valence-corrected chi connectivity index (χ3v) is 3.32. The van der Waals surface area contributed by atoms with Crippen LogP contribution in [-0.2, 0) is 7.05 Å². The van der Waals surface area contributed by atoms with Gasteiger partial charge in [-0.1, -0.05) is 12.1 Å². The Balaban J connectivity index is 2.73. The highest BCUT2D eigenvalue weighted by Gasteiger charge is 2.12. The molecule has 0 spiro atoms. The van der Waals surface area contributed by atoms with E-state index >= 15 is 0 Å². The molecule has 1 aromatic carbocycles. The van der Waals surface area contributed by atoms with Crippen molar-refractivity contribution in [1.29, 1.82) is 0 Å². The van der Waals surface area contributed by atoms with Crippen molar-refractivity contribution in [1.82, 2.24) is 14.0 Å². The van der Waals surface area contributed by atoms with Crippen LogP contribution in [0.4, 0.5) is 0 Å². The van der Waals surface area contributed by atoms with Crippen LogP contribution in [0.5, 0.6) is 0 Å². The Bertz CT molecular complexity index is 796. The summed E-state index contributed by atoms with van der Waals surface area (Å²) in [5, 5.41) is 0. The van der Waals surface area contributed by atoms with Crippen molar-refractivity contribution < 1.29 is 0 Å². The maximum absolute atomic E-state index is 12.3. The van der Waals surface area contributed by atoms with Gasteiger partial charge in [-0.2, -0.15) is 0 Å². The third-order valence-electron chi connectivity index (χ3n) is 3.32. The lowest BCUT2D eigenvalue weighted by atomic mass is 10.2. The first-order valence-corrected chi connectivity index (χ1v) is 5.54. The molecule has 0 unspecified atom stereocenters. The van der Waals surface area contributed by atoms with E-state index in [4.69, 9.17) is 0 Å². The van der Waals surface area contributed by atoms with E-state index < -0.39 is 0 Å². The number of para-hydroxylation sites is 2. The molecule has 0 aliphatic rings. The second kappa shape index (κ2) is 3.20. The maximum Gasteiger partial charge on any atom is 0.262 e. The van der Waals surface area contributed by atoms with Gasteiger partial charge in [-0.15, -0.1) is 0 Å². The lowest BCUT2D eigenvalue weighted by Crippen LogP contribution is -2.18. The quantitative estimate of drug-likeness (QED) is 0.587. The predicted molar refractivity (Wildman–Crippen MR) is 67.4 cm³/mol. The van der Waals surface area contributed by atoms with Gasteiger partial charge in [0.1, 0.15) is 0 Å². The van der Waals surface area contributed by atoms with Crippen LogP contribution in [0, 0.1) is 13.8 Å². The molecule has 0 bridgehead atoms. The average molecular weight is 227 g/mol. The van der Waals surface area contributed by atoms with Gasteiger partial charge in [0, 0.05) is 18.3 Å². The van der Waals surface area contributed by atoms with Crippen LogP contribution in [0.1, 0.15) is 11.3 Å². The molecule has 4 nitrogen and oxygen atoms in total. The summed E-state index contributed by atoms with van der Waals surface area (Å²) in [6.45, 7) is 3.69. The second-order valence-electron chi connectivity index (χ2n) is 4.31. The van der Waals surface area contributed by atoms with Gasteiger partial charge >= 0.3 is 0 Å². The zero-order valence-corrected chi connectivity index (χ0v) is 10.1. The van der Waals surface area contributed by atoms with E-state index in [0.717, 1.165) is 16.7 Å². The smallest absolute Gasteiger partial charge is 0.262 e. The van der Waals surface area contributed by atoms with Crippen molar-refractivity contribution in [2.45, 2.75) is 13.8 Å². The third kappa shape index (κ3) is 1.18. The van der Waals surface area contributed by atoms with Gasteiger partial charge in [-0.25, -0.2) is 9.38 Å². The first-order valence-electron chi connectivity index (χ1n) is 5.54. The summed E-state index contributed by atoms with van der Waals surface area (Å²) in [5.41, 5.74) is 3.44. The summed E-state index contributed by atoms with van der Waals surface area (Å²) < 4.78 is 3.63. The number of fused-ring (bicyclic) bond motifs is 3. The standard InChI is InChI=1S/C13H13N3O/c1-8-9(2)14-13-15(3)10-6-4-5-7-11(10)16(13)12(8)17/h4-7H,1-3H3. The molecule has 0 saturated carbocycles. The first kappa shape index (κ1) is 10.1. The van der Waals surface area contributed by atoms with Crippen LogP contribution in [0.15, 0.2) is 29.1 Å². The molecule has 0 aliphatic carbocycles. The van der Waals surface area contributed by atoms with E-state index in [9.17, 15) is 4.79 Å². The highest BCUT2D eigenvalue weighted by atomic mass is 16.1. The van der Waals surface area contributed by atoms with Gasteiger partial charge in [-0.3, -0.25) is 4.79 Å². The molecule has 0 amide bonds. The fraction of sp³-hybridized carbons (Fsp3) is 0.231. The highest BCUT2D eigenvalue weighted by molar-refractivity contribution is 5.80. The minimum atomic E-state index is 0.0179. The Kier molecular flexibility index (Phi) is 1.90. The van der Waals surface area contributed by atoms with Gasteiger partial charge in [0.15, 0.2) is 0 Å². The van der Waals surface area contributed by atoms with Gasteiger partial charge in [0.25, 0.3) is 5.56 Å². The molecule has 0 saturated heterocycles. The minimum Gasteiger partial charge on any atom is -0.313 e. The fourth-order valence-electron chi connectivity index (χ4n) is 2.18. The SMILES string of the molecule is Cc1nc2n(C)c3ccccc3n2c(=O)c1C. The molecular weight excluding hydrogens is 214 g/mol. The summed E-state index contributed by atoms with van der Waals surface area (Å²) in [5.74, 6) is 0.694. The Morgan fingerprint density at radius 2 is 1.76 bits per heavy atom. The molecule has 0 N–H and O–H groups in total. The number of hydrogen-bond acceptors (Lipinski definition) is 2. The number of nitrogens with zero attached hydrogens (tertiary/aromatic N) is 3. The fourth-order valence-corrected chi connectivity index (χ4v) is 2.18. The van der Waals surface area contributed by atoms with Crippen LogP contribution in [-0.4, -0.2) is 14.0 Å². The predicted octanol–water partition coefficient (Wildman–Crippen LogP) is 1.80. The largest absolute Gasteiger partial charge is 0.313 e. The van der Waals surface area contributed by atoms with Crippen molar-refractivity contribution in [3.05, 3.63) is 45.9 Å². The molecule has 0 atom stereocenters. The Labute approximate surface area is 98.1 Å². The molecule has 2 aromatic heterocycles. The van der Waals surface area contributed by atoms with Gasteiger partial charge < -0.3 is 4.57 Å². The van der Waals surface area contributed by atoms with E-state index in [1.165, 1.54) is 0 Å². The number of aryl methyl sites for hydroxylation is 2. The van der Waals surface area contributed by atoms with Crippen LogP contribution in [0.25, 0.3) is 16.8 Å². The number of imidazole rings is 1. The maximum atomic E-state index is 12.3. The summed E-state index contributed by atoms with van der Waals surface area (Å²) in [7, 11) is 1.93. The lowest BCUT2D eigenvalue weighted by molar-refractivity contribution is 0.913. The zero-order chi connectivity index (χ0) is 12.2. The summed E-state index contributed by atoms with van der Waals surface area (Å²) in [6, 6.07) is 7.84. The minimum absolute atomic E-state index is 0.0179. The first-order chi connectivity index (χ1) is 8.11. The van der Waals surface area contributed by atoms with Gasteiger partial charge in [0.2, 0.25) is 5.78 Å². The number of benzene rings is 1. The molecule has 2 heterocycles. The monoisotopic (exact) mass is 227 g/mol.